The lowest BCUT2D eigenvalue weighted by Gasteiger charge is -2.21. The number of hydrogen-bond acceptors (Lipinski definition) is 2. The molecule has 0 bridgehead atoms. The molecule has 0 aromatic heterocycles. The van der Waals surface area contributed by atoms with Crippen molar-refractivity contribution in [1.29, 1.82) is 0 Å². The fourth-order valence-electron chi connectivity index (χ4n) is 3.15. The van der Waals surface area contributed by atoms with Crippen LogP contribution in [0.3, 0.4) is 0 Å². The average Bonchev–Trinajstić information content (AvgIpc) is 2.42. The van der Waals surface area contributed by atoms with Gasteiger partial charge >= 0.3 is 5.97 Å². The first-order valence-corrected chi connectivity index (χ1v) is 7.61. The molecule has 114 valence electrons. The summed E-state index contributed by atoms with van der Waals surface area (Å²) < 4.78 is 0. The number of nitrogens with one attached hydrogen (secondary N) is 1. The maximum Gasteiger partial charge on any atom is 0.337 e. The van der Waals surface area contributed by atoms with E-state index < -0.39 is 5.97 Å². The number of aromatic carboxylic acids is 1. The molecule has 0 radical (unpaired) electrons. The van der Waals surface area contributed by atoms with Crippen LogP contribution in [0.4, 0.5) is 5.69 Å². The average molecular weight is 289 g/mol. The lowest BCUT2D eigenvalue weighted by Crippen LogP contribution is -2.20. The molecule has 0 atom stereocenters. The normalized spacial score (nSPS) is 15.7. The van der Waals surface area contributed by atoms with E-state index in [1.807, 2.05) is 19.9 Å². The van der Waals surface area contributed by atoms with Gasteiger partial charge in [0.15, 0.2) is 0 Å². The van der Waals surface area contributed by atoms with Gasteiger partial charge in [0, 0.05) is 6.42 Å². The second-order valence-electron chi connectivity index (χ2n) is 6.07. The molecule has 4 nitrogen and oxygen atoms in total. The van der Waals surface area contributed by atoms with Gasteiger partial charge in [-0.25, -0.2) is 4.79 Å². The Hall–Kier alpha value is -1.84. The number of hydrogen-bond donors (Lipinski definition) is 2. The van der Waals surface area contributed by atoms with Crippen LogP contribution >= 0.6 is 0 Å². The molecule has 0 aliphatic heterocycles. The van der Waals surface area contributed by atoms with E-state index in [2.05, 4.69) is 5.32 Å². The zero-order valence-corrected chi connectivity index (χ0v) is 12.7. The molecule has 1 aliphatic carbocycles. The van der Waals surface area contributed by atoms with Crippen LogP contribution in [-0.2, 0) is 4.79 Å². The summed E-state index contributed by atoms with van der Waals surface area (Å²) in [7, 11) is 0. The third-order valence-electron chi connectivity index (χ3n) is 4.17. The maximum absolute atomic E-state index is 12.2. The number of aryl methyl sites for hydroxylation is 2. The summed E-state index contributed by atoms with van der Waals surface area (Å²) in [4.78, 5) is 23.5. The molecular formula is C17H23NO3. The van der Waals surface area contributed by atoms with Gasteiger partial charge in [0.2, 0.25) is 5.91 Å². The molecule has 1 aliphatic rings. The fraction of sp³-hybridized carbons (Fsp3) is 0.529. The van der Waals surface area contributed by atoms with Crippen LogP contribution in [0, 0.1) is 19.8 Å². The van der Waals surface area contributed by atoms with Crippen LogP contribution in [0.5, 0.6) is 0 Å². The zero-order chi connectivity index (χ0) is 15.4. The Bertz CT molecular complexity index is 545. The Balaban J connectivity index is 2.11. The third kappa shape index (κ3) is 4.06. The Labute approximate surface area is 125 Å². The highest BCUT2D eigenvalue weighted by molar-refractivity contribution is 6.01. The summed E-state index contributed by atoms with van der Waals surface area (Å²) in [6.45, 7) is 3.68. The van der Waals surface area contributed by atoms with E-state index in [-0.39, 0.29) is 11.5 Å². The second-order valence-corrected chi connectivity index (χ2v) is 6.07. The van der Waals surface area contributed by atoms with Gasteiger partial charge in [-0.1, -0.05) is 25.3 Å². The molecule has 0 unspecified atom stereocenters. The number of carboxylic acid groups (broad SMARTS) is 1. The number of carbonyl (C=O) groups is 2. The maximum atomic E-state index is 12.2. The van der Waals surface area contributed by atoms with Crippen molar-refractivity contribution in [3.8, 4) is 0 Å². The summed E-state index contributed by atoms with van der Waals surface area (Å²) in [5, 5.41) is 12.1. The highest BCUT2D eigenvalue weighted by atomic mass is 16.4. The monoisotopic (exact) mass is 289 g/mol. The minimum absolute atomic E-state index is 0.0728. The summed E-state index contributed by atoms with van der Waals surface area (Å²) in [5.41, 5.74) is 2.29. The van der Waals surface area contributed by atoms with E-state index in [1.54, 1.807) is 6.07 Å². The molecule has 1 saturated carbocycles. The van der Waals surface area contributed by atoms with Crippen LogP contribution in [0.15, 0.2) is 12.1 Å². The molecule has 0 heterocycles. The minimum Gasteiger partial charge on any atom is -0.478 e. The van der Waals surface area contributed by atoms with Gasteiger partial charge in [0.1, 0.15) is 0 Å². The summed E-state index contributed by atoms with van der Waals surface area (Å²) in [6.07, 6.45) is 6.35. The van der Waals surface area contributed by atoms with E-state index in [0.29, 0.717) is 18.0 Å². The Morgan fingerprint density at radius 2 is 1.86 bits per heavy atom. The Morgan fingerprint density at radius 3 is 2.48 bits per heavy atom. The van der Waals surface area contributed by atoms with Crippen LogP contribution < -0.4 is 5.32 Å². The van der Waals surface area contributed by atoms with Gasteiger partial charge in [0.05, 0.1) is 11.3 Å². The molecule has 1 aromatic carbocycles. The summed E-state index contributed by atoms with van der Waals surface area (Å²) >= 11 is 0. The van der Waals surface area contributed by atoms with Crippen LogP contribution in [0.1, 0.15) is 60.0 Å². The Morgan fingerprint density at radius 1 is 1.19 bits per heavy atom. The van der Waals surface area contributed by atoms with Gasteiger partial charge in [-0.2, -0.15) is 0 Å². The molecule has 1 aromatic rings. The summed E-state index contributed by atoms with van der Waals surface area (Å²) in [5.74, 6) is -0.635. The molecule has 2 N–H and O–H groups in total. The predicted molar refractivity (Wildman–Crippen MR) is 82.7 cm³/mol. The van der Waals surface area contributed by atoms with Crippen molar-refractivity contribution < 1.29 is 14.7 Å². The largest absolute Gasteiger partial charge is 0.478 e. The number of anilines is 1. The lowest BCUT2D eigenvalue weighted by molar-refractivity contribution is -0.117. The first kappa shape index (κ1) is 15.5. The van der Waals surface area contributed by atoms with Crippen molar-refractivity contribution in [3.63, 3.8) is 0 Å². The van der Waals surface area contributed by atoms with Crippen molar-refractivity contribution >= 4 is 17.6 Å². The van der Waals surface area contributed by atoms with Crippen molar-refractivity contribution in [2.45, 2.75) is 52.4 Å². The van der Waals surface area contributed by atoms with Crippen molar-refractivity contribution in [2.75, 3.05) is 5.32 Å². The molecule has 4 heteroatoms. The molecule has 1 amide bonds. The third-order valence-corrected chi connectivity index (χ3v) is 4.17. The lowest BCUT2D eigenvalue weighted by atomic mass is 9.87. The number of amides is 1. The number of carboxylic acids is 1. The van der Waals surface area contributed by atoms with Crippen LogP contribution in [0.2, 0.25) is 0 Å². The standard InChI is InChI=1S/C17H23NO3/c1-11-8-12(2)16(14(9-11)17(20)21)18-15(19)10-13-6-4-3-5-7-13/h8-9,13H,3-7,10H2,1-2H3,(H,18,19)(H,20,21). The number of rotatable bonds is 4. The number of benzene rings is 1. The molecule has 2 rings (SSSR count). The predicted octanol–water partition coefficient (Wildman–Crippen LogP) is 3.91. The van der Waals surface area contributed by atoms with E-state index in [9.17, 15) is 14.7 Å². The minimum atomic E-state index is -1.00. The van der Waals surface area contributed by atoms with Crippen LogP contribution in [0.25, 0.3) is 0 Å². The summed E-state index contributed by atoms with van der Waals surface area (Å²) in [6, 6.07) is 3.49. The topological polar surface area (TPSA) is 66.4 Å². The smallest absolute Gasteiger partial charge is 0.337 e. The van der Waals surface area contributed by atoms with Crippen molar-refractivity contribution in [3.05, 3.63) is 28.8 Å². The molecular weight excluding hydrogens is 266 g/mol. The van der Waals surface area contributed by atoms with E-state index in [4.69, 9.17) is 0 Å². The van der Waals surface area contributed by atoms with E-state index in [0.717, 1.165) is 24.0 Å². The van der Waals surface area contributed by atoms with E-state index in [1.165, 1.54) is 19.3 Å². The second kappa shape index (κ2) is 6.74. The molecule has 1 fully saturated rings. The van der Waals surface area contributed by atoms with E-state index >= 15 is 0 Å². The zero-order valence-electron chi connectivity index (χ0n) is 12.7. The number of carbonyl (C=O) groups excluding carboxylic acids is 1. The first-order valence-electron chi connectivity index (χ1n) is 7.61. The highest BCUT2D eigenvalue weighted by Gasteiger charge is 2.20. The van der Waals surface area contributed by atoms with Crippen molar-refractivity contribution in [1.82, 2.24) is 0 Å². The van der Waals surface area contributed by atoms with Gasteiger partial charge in [-0.15, -0.1) is 0 Å². The quantitative estimate of drug-likeness (QED) is 0.883. The Kier molecular flexibility index (Phi) is 4.99. The molecule has 0 saturated heterocycles. The first-order chi connectivity index (χ1) is 9.97. The molecule has 21 heavy (non-hydrogen) atoms. The SMILES string of the molecule is Cc1cc(C)c(NC(=O)CC2CCCCC2)c(C(=O)O)c1. The van der Waals surface area contributed by atoms with Gasteiger partial charge in [0.25, 0.3) is 0 Å². The van der Waals surface area contributed by atoms with Gasteiger partial charge in [-0.3, -0.25) is 4.79 Å². The van der Waals surface area contributed by atoms with Gasteiger partial charge in [-0.05, 0) is 49.8 Å². The van der Waals surface area contributed by atoms with Crippen molar-refractivity contribution in [2.24, 2.45) is 5.92 Å². The highest BCUT2D eigenvalue weighted by Crippen LogP contribution is 2.28. The fourth-order valence-corrected chi connectivity index (χ4v) is 3.15. The van der Waals surface area contributed by atoms with Crippen LogP contribution in [-0.4, -0.2) is 17.0 Å². The molecule has 0 spiro atoms. The van der Waals surface area contributed by atoms with Gasteiger partial charge < -0.3 is 10.4 Å².